The SMILES string of the molecule is CCNC(C)C1CC(C)CC(C)C1. The Balaban J connectivity index is 2.40. The second kappa shape index (κ2) is 4.99. The molecule has 1 heteroatoms. The highest BCUT2D eigenvalue weighted by Crippen LogP contribution is 2.34. The third kappa shape index (κ3) is 3.30. The van der Waals surface area contributed by atoms with Crippen molar-refractivity contribution in [2.24, 2.45) is 17.8 Å². The first-order valence-electron chi connectivity index (χ1n) is 5.86. The molecule has 1 N–H and O–H groups in total. The fourth-order valence-corrected chi connectivity index (χ4v) is 2.91. The molecule has 78 valence electrons. The molecule has 1 aliphatic rings. The van der Waals surface area contributed by atoms with E-state index in [1.165, 1.54) is 19.3 Å². The number of hydrogen-bond acceptors (Lipinski definition) is 1. The third-order valence-electron chi connectivity index (χ3n) is 3.45. The molecule has 1 rings (SSSR count). The lowest BCUT2D eigenvalue weighted by atomic mass is 9.74. The van der Waals surface area contributed by atoms with Gasteiger partial charge in [0.25, 0.3) is 0 Å². The number of nitrogens with one attached hydrogen (secondary N) is 1. The van der Waals surface area contributed by atoms with E-state index in [9.17, 15) is 0 Å². The summed E-state index contributed by atoms with van der Waals surface area (Å²) in [5, 5.41) is 3.56. The maximum Gasteiger partial charge on any atom is 0.00670 e. The topological polar surface area (TPSA) is 12.0 Å². The predicted molar refractivity (Wildman–Crippen MR) is 58.8 cm³/mol. The van der Waals surface area contributed by atoms with E-state index in [1.54, 1.807) is 0 Å². The van der Waals surface area contributed by atoms with Crippen LogP contribution in [-0.2, 0) is 0 Å². The van der Waals surface area contributed by atoms with Crippen LogP contribution in [0.5, 0.6) is 0 Å². The fraction of sp³-hybridized carbons (Fsp3) is 1.00. The monoisotopic (exact) mass is 183 g/mol. The highest BCUT2D eigenvalue weighted by Gasteiger charge is 2.27. The first-order chi connectivity index (χ1) is 6.13. The van der Waals surface area contributed by atoms with Gasteiger partial charge in [-0.15, -0.1) is 0 Å². The quantitative estimate of drug-likeness (QED) is 0.709. The van der Waals surface area contributed by atoms with E-state index in [0.717, 1.165) is 30.3 Å². The minimum atomic E-state index is 0.718. The van der Waals surface area contributed by atoms with Crippen molar-refractivity contribution in [2.75, 3.05) is 6.54 Å². The van der Waals surface area contributed by atoms with Crippen molar-refractivity contribution in [3.63, 3.8) is 0 Å². The van der Waals surface area contributed by atoms with Crippen LogP contribution in [0, 0.1) is 17.8 Å². The van der Waals surface area contributed by atoms with E-state index in [4.69, 9.17) is 0 Å². The van der Waals surface area contributed by atoms with Gasteiger partial charge in [-0.1, -0.05) is 20.8 Å². The van der Waals surface area contributed by atoms with Gasteiger partial charge in [0.15, 0.2) is 0 Å². The molecule has 1 aliphatic carbocycles. The van der Waals surface area contributed by atoms with Gasteiger partial charge < -0.3 is 5.32 Å². The van der Waals surface area contributed by atoms with Crippen LogP contribution >= 0.6 is 0 Å². The average molecular weight is 183 g/mol. The molecule has 0 saturated heterocycles. The molecule has 0 aromatic rings. The van der Waals surface area contributed by atoms with Gasteiger partial charge >= 0.3 is 0 Å². The summed E-state index contributed by atoms with van der Waals surface area (Å²) in [4.78, 5) is 0. The van der Waals surface area contributed by atoms with Crippen molar-refractivity contribution in [3.05, 3.63) is 0 Å². The minimum absolute atomic E-state index is 0.718. The number of hydrogen-bond donors (Lipinski definition) is 1. The Bertz CT molecular complexity index is 134. The van der Waals surface area contributed by atoms with E-state index >= 15 is 0 Å². The molecule has 13 heavy (non-hydrogen) atoms. The lowest BCUT2D eigenvalue weighted by Gasteiger charge is -2.35. The zero-order chi connectivity index (χ0) is 9.84. The summed E-state index contributed by atoms with van der Waals surface area (Å²) in [5.74, 6) is 2.79. The Morgan fingerprint density at radius 2 is 1.69 bits per heavy atom. The van der Waals surface area contributed by atoms with Gasteiger partial charge in [0.2, 0.25) is 0 Å². The highest BCUT2D eigenvalue weighted by atomic mass is 14.9. The maximum absolute atomic E-state index is 3.56. The van der Waals surface area contributed by atoms with Crippen molar-refractivity contribution in [3.8, 4) is 0 Å². The van der Waals surface area contributed by atoms with Crippen LogP contribution in [0.3, 0.4) is 0 Å². The third-order valence-corrected chi connectivity index (χ3v) is 3.45. The molecule has 1 saturated carbocycles. The largest absolute Gasteiger partial charge is 0.314 e. The van der Waals surface area contributed by atoms with Crippen LogP contribution in [0.4, 0.5) is 0 Å². The molecule has 3 atom stereocenters. The molecule has 1 fully saturated rings. The summed E-state index contributed by atoms with van der Waals surface area (Å²) in [5.41, 5.74) is 0. The van der Waals surface area contributed by atoms with Gasteiger partial charge in [0.1, 0.15) is 0 Å². The van der Waals surface area contributed by atoms with Crippen molar-refractivity contribution in [1.29, 1.82) is 0 Å². The summed E-state index contributed by atoms with van der Waals surface area (Å²) in [6.45, 7) is 10.5. The van der Waals surface area contributed by atoms with Crippen LogP contribution in [-0.4, -0.2) is 12.6 Å². The molecule has 0 heterocycles. The second-order valence-electron chi connectivity index (χ2n) is 5.02. The van der Waals surface area contributed by atoms with Crippen LogP contribution in [0.15, 0.2) is 0 Å². The van der Waals surface area contributed by atoms with Gasteiger partial charge in [-0.2, -0.15) is 0 Å². The Kier molecular flexibility index (Phi) is 4.24. The lowest BCUT2D eigenvalue weighted by Crippen LogP contribution is -2.37. The standard InChI is InChI=1S/C12H25N/c1-5-13-11(4)12-7-9(2)6-10(3)8-12/h9-13H,5-8H2,1-4H3. The maximum atomic E-state index is 3.56. The molecule has 0 bridgehead atoms. The Morgan fingerprint density at radius 1 is 1.15 bits per heavy atom. The van der Waals surface area contributed by atoms with Crippen LogP contribution < -0.4 is 5.32 Å². The Hall–Kier alpha value is -0.0400. The number of rotatable bonds is 3. The molecule has 0 aliphatic heterocycles. The molecule has 0 aromatic carbocycles. The fourth-order valence-electron chi connectivity index (χ4n) is 2.91. The van der Waals surface area contributed by atoms with Crippen LogP contribution in [0.2, 0.25) is 0 Å². The molecular weight excluding hydrogens is 158 g/mol. The Labute approximate surface area is 83.3 Å². The van der Waals surface area contributed by atoms with E-state index < -0.39 is 0 Å². The summed E-state index contributed by atoms with van der Waals surface area (Å²) in [7, 11) is 0. The van der Waals surface area contributed by atoms with Crippen molar-refractivity contribution < 1.29 is 0 Å². The van der Waals surface area contributed by atoms with E-state index in [1.807, 2.05) is 0 Å². The molecule has 0 amide bonds. The first kappa shape index (κ1) is 11.0. The summed E-state index contributed by atoms with van der Waals surface area (Å²) < 4.78 is 0. The first-order valence-corrected chi connectivity index (χ1v) is 5.86. The zero-order valence-electron chi connectivity index (χ0n) is 9.64. The van der Waals surface area contributed by atoms with Gasteiger partial charge in [0, 0.05) is 6.04 Å². The van der Waals surface area contributed by atoms with Gasteiger partial charge in [-0.05, 0) is 50.5 Å². The molecular formula is C12H25N. The minimum Gasteiger partial charge on any atom is -0.314 e. The van der Waals surface area contributed by atoms with E-state index in [0.29, 0.717) is 0 Å². The van der Waals surface area contributed by atoms with Crippen LogP contribution in [0.25, 0.3) is 0 Å². The van der Waals surface area contributed by atoms with Crippen molar-refractivity contribution in [1.82, 2.24) is 5.32 Å². The average Bonchev–Trinajstić information content (AvgIpc) is 2.03. The second-order valence-corrected chi connectivity index (χ2v) is 5.02. The van der Waals surface area contributed by atoms with E-state index in [-0.39, 0.29) is 0 Å². The molecule has 3 unspecified atom stereocenters. The van der Waals surface area contributed by atoms with Gasteiger partial charge in [-0.3, -0.25) is 0 Å². The van der Waals surface area contributed by atoms with Crippen LogP contribution in [0.1, 0.15) is 47.0 Å². The van der Waals surface area contributed by atoms with Crippen molar-refractivity contribution in [2.45, 2.75) is 53.0 Å². The Morgan fingerprint density at radius 3 is 2.15 bits per heavy atom. The summed E-state index contributed by atoms with van der Waals surface area (Å²) >= 11 is 0. The predicted octanol–water partition coefficient (Wildman–Crippen LogP) is 3.06. The normalized spacial score (nSPS) is 37.4. The molecule has 1 nitrogen and oxygen atoms in total. The molecule has 0 aromatic heterocycles. The smallest absolute Gasteiger partial charge is 0.00670 e. The highest BCUT2D eigenvalue weighted by molar-refractivity contribution is 4.81. The summed E-state index contributed by atoms with van der Waals surface area (Å²) in [6, 6.07) is 0.718. The van der Waals surface area contributed by atoms with E-state index in [2.05, 4.69) is 33.0 Å². The summed E-state index contributed by atoms with van der Waals surface area (Å²) in [6.07, 6.45) is 4.30. The molecule has 0 radical (unpaired) electrons. The lowest BCUT2D eigenvalue weighted by molar-refractivity contribution is 0.184. The van der Waals surface area contributed by atoms with Crippen molar-refractivity contribution >= 4 is 0 Å². The molecule has 0 spiro atoms. The van der Waals surface area contributed by atoms with Gasteiger partial charge in [0.05, 0.1) is 0 Å². The van der Waals surface area contributed by atoms with Gasteiger partial charge in [-0.25, -0.2) is 0 Å². The zero-order valence-corrected chi connectivity index (χ0v) is 9.64.